The lowest BCUT2D eigenvalue weighted by Crippen LogP contribution is -2.06. The molecule has 1 N–H and O–H groups in total. The Bertz CT molecular complexity index is 646. The van der Waals surface area contributed by atoms with Crippen molar-refractivity contribution in [1.29, 1.82) is 0 Å². The maximum Gasteiger partial charge on any atom is 0.0795 e. The third-order valence-electron chi connectivity index (χ3n) is 3.10. The first-order valence-corrected chi connectivity index (χ1v) is 7.46. The molecule has 102 valence electrons. The summed E-state index contributed by atoms with van der Waals surface area (Å²) in [6, 6.07) is 10.5. The molecule has 5 heteroatoms. The average Bonchev–Trinajstić information content (AvgIpc) is 3.11. The zero-order valence-corrected chi connectivity index (χ0v) is 12.0. The fourth-order valence-corrected chi connectivity index (χ4v) is 2.70. The minimum atomic E-state index is 0.190. The molecule has 1 unspecified atom stereocenters. The van der Waals surface area contributed by atoms with Crippen molar-refractivity contribution in [1.82, 2.24) is 14.8 Å². The van der Waals surface area contributed by atoms with Gasteiger partial charge >= 0.3 is 0 Å². The zero-order valence-electron chi connectivity index (χ0n) is 11.2. The summed E-state index contributed by atoms with van der Waals surface area (Å²) in [7, 11) is 0. The number of hydrogen-bond donors (Lipinski definition) is 1. The van der Waals surface area contributed by atoms with Gasteiger partial charge in [-0.3, -0.25) is 4.68 Å². The summed E-state index contributed by atoms with van der Waals surface area (Å²) in [5.41, 5.74) is 5.17. The molecule has 0 amide bonds. The lowest BCUT2D eigenvalue weighted by molar-refractivity contribution is 0.687. The average molecular weight is 284 g/mol. The molecule has 0 bridgehead atoms. The first kappa shape index (κ1) is 12.9. The maximum atomic E-state index is 4.38. The largest absolute Gasteiger partial charge is 0.374 e. The molecular weight excluding hydrogens is 268 g/mol. The van der Waals surface area contributed by atoms with E-state index in [1.807, 2.05) is 40.8 Å². The summed E-state index contributed by atoms with van der Waals surface area (Å²) >= 11 is 1.61. The second-order valence-corrected chi connectivity index (χ2v) is 5.41. The molecule has 2 aromatic heterocycles. The van der Waals surface area contributed by atoms with E-state index in [0.717, 1.165) is 17.9 Å². The van der Waals surface area contributed by atoms with Crippen molar-refractivity contribution in [2.24, 2.45) is 0 Å². The number of nitrogens with one attached hydrogen (secondary N) is 1. The fraction of sp³-hybridized carbons (Fsp3) is 0.200. The van der Waals surface area contributed by atoms with Crippen molar-refractivity contribution in [3.63, 3.8) is 0 Å². The van der Waals surface area contributed by atoms with Gasteiger partial charge in [0.2, 0.25) is 0 Å². The molecule has 2 heterocycles. The van der Waals surface area contributed by atoms with Gasteiger partial charge in [0, 0.05) is 11.6 Å². The smallest absolute Gasteiger partial charge is 0.0795 e. The second kappa shape index (κ2) is 5.88. The van der Waals surface area contributed by atoms with Crippen LogP contribution in [0.4, 0.5) is 5.69 Å². The van der Waals surface area contributed by atoms with E-state index in [-0.39, 0.29) is 6.04 Å². The number of aromatic nitrogens is 3. The van der Waals surface area contributed by atoms with Crippen LogP contribution in [0.5, 0.6) is 0 Å². The van der Waals surface area contributed by atoms with E-state index in [0.29, 0.717) is 0 Å². The van der Waals surface area contributed by atoms with Gasteiger partial charge in [-0.15, -0.1) is 11.3 Å². The molecule has 0 saturated heterocycles. The highest BCUT2D eigenvalue weighted by Gasteiger charge is 2.08. The molecule has 20 heavy (non-hydrogen) atoms. The van der Waals surface area contributed by atoms with E-state index in [1.165, 1.54) is 5.56 Å². The van der Waals surface area contributed by atoms with Gasteiger partial charge in [0.15, 0.2) is 0 Å². The maximum absolute atomic E-state index is 4.38. The van der Waals surface area contributed by atoms with Crippen LogP contribution in [-0.4, -0.2) is 14.8 Å². The summed E-state index contributed by atoms with van der Waals surface area (Å²) < 4.78 is 1.94. The van der Waals surface area contributed by atoms with Gasteiger partial charge in [-0.05, 0) is 12.5 Å². The van der Waals surface area contributed by atoms with Gasteiger partial charge in [-0.25, -0.2) is 4.98 Å². The fourth-order valence-electron chi connectivity index (χ4n) is 2.05. The number of hydrogen-bond acceptors (Lipinski definition) is 4. The van der Waals surface area contributed by atoms with E-state index in [9.17, 15) is 0 Å². The standard InChI is InChI=1S/C15H16N4S/c1-12(15-10-20-11-16-15)18-14-7-17-19(9-14)8-13-5-3-2-4-6-13/h2-7,9-12,18H,8H2,1H3. The third-order valence-corrected chi connectivity index (χ3v) is 3.70. The molecule has 1 aromatic carbocycles. The predicted octanol–water partition coefficient (Wildman–Crippen LogP) is 3.56. The van der Waals surface area contributed by atoms with Crippen molar-refractivity contribution in [3.8, 4) is 0 Å². The van der Waals surface area contributed by atoms with Gasteiger partial charge in [0.05, 0.1) is 35.7 Å². The van der Waals surface area contributed by atoms with E-state index in [2.05, 4.69) is 39.8 Å². The SMILES string of the molecule is CC(Nc1cnn(Cc2ccccc2)c1)c1cscn1. The van der Waals surface area contributed by atoms with Crippen molar-refractivity contribution >= 4 is 17.0 Å². The highest BCUT2D eigenvalue weighted by Crippen LogP contribution is 2.18. The van der Waals surface area contributed by atoms with Crippen LogP contribution in [-0.2, 0) is 6.54 Å². The molecule has 0 fully saturated rings. The van der Waals surface area contributed by atoms with Crippen LogP contribution in [0.1, 0.15) is 24.2 Å². The molecule has 1 atom stereocenters. The van der Waals surface area contributed by atoms with Gasteiger partial charge in [-0.2, -0.15) is 5.10 Å². The normalized spacial score (nSPS) is 12.2. The Morgan fingerprint density at radius 3 is 2.90 bits per heavy atom. The number of benzene rings is 1. The summed E-state index contributed by atoms with van der Waals surface area (Å²) in [5.74, 6) is 0. The van der Waals surface area contributed by atoms with E-state index in [1.54, 1.807) is 11.3 Å². The number of thiazole rings is 1. The van der Waals surface area contributed by atoms with Crippen LogP contribution in [0.2, 0.25) is 0 Å². The predicted molar refractivity (Wildman–Crippen MR) is 81.9 cm³/mol. The lowest BCUT2D eigenvalue weighted by Gasteiger charge is -2.10. The van der Waals surface area contributed by atoms with Crippen LogP contribution in [0, 0.1) is 0 Å². The van der Waals surface area contributed by atoms with Crippen molar-refractivity contribution < 1.29 is 0 Å². The first-order valence-electron chi connectivity index (χ1n) is 6.52. The Hall–Kier alpha value is -2.14. The Morgan fingerprint density at radius 2 is 2.15 bits per heavy atom. The van der Waals surface area contributed by atoms with Crippen molar-refractivity contribution in [2.45, 2.75) is 19.5 Å². The summed E-state index contributed by atoms with van der Waals surface area (Å²) in [6.45, 7) is 2.89. The highest BCUT2D eigenvalue weighted by atomic mass is 32.1. The zero-order chi connectivity index (χ0) is 13.8. The van der Waals surface area contributed by atoms with Gasteiger partial charge < -0.3 is 5.32 Å². The van der Waals surface area contributed by atoms with E-state index < -0.39 is 0 Å². The molecule has 0 aliphatic rings. The van der Waals surface area contributed by atoms with E-state index >= 15 is 0 Å². The van der Waals surface area contributed by atoms with Gasteiger partial charge in [0.1, 0.15) is 0 Å². The Balaban J connectivity index is 1.65. The molecule has 0 aliphatic carbocycles. The minimum absolute atomic E-state index is 0.190. The van der Waals surface area contributed by atoms with Gasteiger partial charge in [0.25, 0.3) is 0 Å². The van der Waals surface area contributed by atoms with Gasteiger partial charge in [-0.1, -0.05) is 30.3 Å². The monoisotopic (exact) mass is 284 g/mol. The van der Waals surface area contributed by atoms with Crippen LogP contribution >= 0.6 is 11.3 Å². The van der Waals surface area contributed by atoms with Crippen molar-refractivity contribution in [2.75, 3.05) is 5.32 Å². The number of anilines is 1. The van der Waals surface area contributed by atoms with Crippen LogP contribution in [0.3, 0.4) is 0 Å². The molecule has 3 aromatic rings. The number of rotatable bonds is 5. The topological polar surface area (TPSA) is 42.7 Å². The minimum Gasteiger partial charge on any atom is -0.374 e. The first-order chi connectivity index (χ1) is 9.81. The lowest BCUT2D eigenvalue weighted by atomic mass is 10.2. The molecule has 0 saturated carbocycles. The summed E-state index contributed by atoms with van der Waals surface area (Å²) in [5, 5.41) is 9.86. The van der Waals surface area contributed by atoms with Crippen molar-refractivity contribution in [3.05, 3.63) is 64.9 Å². The van der Waals surface area contributed by atoms with Crippen LogP contribution < -0.4 is 5.32 Å². The molecule has 4 nitrogen and oxygen atoms in total. The Morgan fingerprint density at radius 1 is 1.30 bits per heavy atom. The second-order valence-electron chi connectivity index (χ2n) is 4.69. The third kappa shape index (κ3) is 3.05. The highest BCUT2D eigenvalue weighted by molar-refractivity contribution is 7.07. The summed E-state index contributed by atoms with van der Waals surface area (Å²) in [4.78, 5) is 4.32. The molecular formula is C15H16N4S. The van der Waals surface area contributed by atoms with Crippen LogP contribution in [0.25, 0.3) is 0 Å². The Labute approximate surface area is 122 Å². The molecule has 3 rings (SSSR count). The summed E-state index contributed by atoms with van der Waals surface area (Å²) in [6.07, 6.45) is 3.88. The molecule has 0 radical (unpaired) electrons. The molecule has 0 spiro atoms. The number of nitrogens with zero attached hydrogens (tertiary/aromatic N) is 3. The Kier molecular flexibility index (Phi) is 3.78. The van der Waals surface area contributed by atoms with E-state index in [4.69, 9.17) is 0 Å². The quantitative estimate of drug-likeness (QED) is 0.779. The van der Waals surface area contributed by atoms with Crippen LogP contribution in [0.15, 0.2) is 53.6 Å². The molecule has 0 aliphatic heterocycles.